The molecule has 1 saturated heterocycles. The second-order valence-corrected chi connectivity index (χ2v) is 3.70. The van der Waals surface area contributed by atoms with E-state index in [2.05, 4.69) is 13.8 Å². The molecule has 0 bridgehead atoms. The molecule has 1 aliphatic heterocycles. The summed E-state index contributed by atoms with van der Waals surface area (Å²) in [6.45, 7) is 5.28. The van der Waals surface area contributed by atoms with Gasteiger partial charge in [0.1, 0.15) is 6.17 Å². The number of hydrogen-bond acceptors (Lipinski definition) is 2. The first-order chi connectivity index (χ1) is 5.63. The summed E-state index contributed by atoms with van der Waals surface area (Å²) in [5.74, 6) is 0. The fraction of sp³-hybridized carbons (Fsp3) is 1.00. The van der Waals surface area contributed by atoms with Crippen molar-refractivity contribution in [3.8, 4) is 0 Å². The molecule has 72 valence electrons. The van der Waals surface area contributed by atoms with Crippen LogP contribution in [0.5, 0.6) is 0 Å². The fourth-order valence-corrected chi connectivity index (χ4v) is 1.66. The van der Waals surface area contributed by atoms with Crippen LogP contribution in [0.25, 0.3) is 0 Å². The highest BCUT2D eigenvalue weighted by atomic mass is 19.1. The molecule has 0 saturated carbocycles. The van der Waals surface area contributed by atoms with Crippen molar-refractivity contribution in [2.24, 2.45) is 0 Å². The standard InChI is InChI=1S/C9H18FNO/c1-3-7(2)11-5-8(10)4-9(12)6-11/h7-9,12H,3-6H2,1-2H3. The van der Waals surface area contributed by atoms with Crippen LogP contribution in [-0.4, -0.2) is 41.4 Å². The van der Waals surface area contributed by atoms with Gasteiger partial charge in [-0.15, -0.1) is 0 Å². The monoisotopic (exact) mass is 175 g/mol. The highest BCUT2D eigenvalue weighted by Crippen LogP contribution is 2.16. The van der Waals surface area contributed by atoms with Gasteiger partial charge in [0.05, 0.1) is 6.10 Å². The van der Waals surface area contributed by atoms with Gasteiger partial charge in [-0.2, -0.15) is 0 Å². The Hall–Kier alpha value is -0.150. The molecule has 3 unspecified atom stereocenters. The van der Waals surface area contributed by atoms with Crippen LogP contribution < -0.4 is 0 Å². The molecule has 2 nitrogen and oxygen atoms in total. The molecule has 3 heteroatoms. The molecule has 0 aromatic rings. The smallest absolute Gasteiger partial charge is 0.115 e. The summed E-state index contributed by atoms with van der Waals surface area (Å²) < 4.78 is 13.0. The zero-order valence-electron chi connectivity index (χ0n) is 7.83. The van der Waals surface area contributed by atoms with Gasteiger partial charge in [-0.25, -0.2) is 4.39 Å². The maximum atomic E-state index is 13.0. The third-order valence-electron chi connectivity index (χ3n) is 2.62. The molecule has 0 aromatic carbocycles. The van der Waals surface area contributed by atoms with Gasteiger partial charge >= 0.3 is 0 Å². The van der Waals surface area contributed by atoms with Crippen LogP contribution in [0, 0.1) is 0 Å². The Labute approximate surface area is 73.4 Å². The maximum Gasteiger partial charge on any atom is 0.115 e. The Morgan fingerprint density at radius 1 is 1.58 bits per heavy atom. The lowest BCUT2D eigenvalue weighted by molar-refractivity contribution is 0.00852. The summed E-state index contributed by atoms with van der Waals surface area (Å²) in [6.07, 6.45) is 0.0114. The minimum Gasteiger partial charge on any atom is -0.392 e. The lowest BCUT2D eigenvalue weighted by Gasteiger charge is -2.36. The number of aliphatic hydroxyl groups excluding tert-OH is 1. The second kappa shape index (κ2) is 4.19. The van der Waals surface area contributed by atoms with Gasteiger partial charge in [0.25, 0.3) is 0 Å². The molecule has 1 heterocycles. The van der Waals surface area contributed by atoms with Crippen LogP contribution in [0.15, 0.2) is 0 Å². The predicted molar refractivity (Wildman–Crippen MR) is 46.8 cm³/mol. The molecule has 1 fully saturated rings. The Balaban J connectivity index is 2.43. The SMILES string of the molecule is CCC(C)N1CC(O)CC(F)C1. The lowest BCUT2D eigenvalue weighted by Crippen LogP contribution is -2.47. The van der Waals surface area contributed by atoms with Crippen molar-refractivity contribution >= 4 is 0 Å². The predicted octanol–water partition coefficient (Wildman–Crippen LogP) is 1.19. The van der Waals surface area contributed by atoms with Crippen LogP contribution in [-0.2, 0) is 0 Å². The van der Waals surface area contributed by atoms with E-state index in [4.69, 9.17) is 0 Å². The van der Waals surface area contributed by atoms with E-state index < -0.39 is 12.3 Å². The molecule has 1 rings (SSSR count). The van der Waals surface area contributed by atoms with Gasteiger partial charge in [-0.05, 0) is 13.3 Å². The summed E-state index contributed by atoms with van der Waals surface area (Å²) in [6, 6.07) is 0.387. The van der Waals surface area contributed by atoms with Crippen LogP contribution in [0.2, 0.25) is 0 Å². The van der Waals surface area contributed by atoms with Crippen molar-refractivity contribution in [3.63, 3.8) is 0 Å². The zero-order chi connectivity index (χ0) is 9.14. The van der Waals surface area contributed by atoms with E-state index >= 15 is 0 Å². The van der Waals surface area contributed by atoms with Gasteiger partial charge in [0, 0.05) is 25.6 Å². The molecule has 1 N–H and O–H groups in total. The number of likely N-dealkylation sites (tertiary alicyclic amines) is 1. The summed E-state index contributed by atoms with van der Waals surface area (Å²) >= 11 is 0. The Morgan fingerprint density at radius 2 is 2.25 bits per heavy atom. The van der Waals surface area contributed by atoms with Gasteiger partial charge < -0.3 is 5.11 Å². The van der Waals surface area contributed by atoms with Gasteiger partial charge in [0.15, 0.2) is 0 Å². The van der Waals surface area contributed by atoms with Gasteiger partial charge in [-0.3, -0.25) is 4.90 Å². The fourth-order valence-electron chi connectivity index (χ4n) is 1.66. The number of β-amino-alcohol motifs (C(OH)–C–C–N with tert-alkyl or cyclic N) is 1. The van der Waals surface area contributed by atoms with Crippen molar-refractivity contribution < 1.29 is 9.50 Å². The number of rotatable bonds is 2. The Morgan fingerprint density at radius 3 is 2.75 bits per heavy atom. The Bertz CT molecular complexity index is 132. The first-order valence-corrected chi connectivity index (χ1v) is 4.69. The minimum absolute atomic E-state index is 0.312. The maximum absolute atomic E-state index is 13.0. The topological polar surface area (TPSA) is 23.5 Å². The average molecular weight is 175 g/mol. The van der Waals surface area contributed by atoms with Crippen LogP contribution in [0.1, 0.15) is 26.7 Å². The molecule has 12 heavy (non-hydrogen) atoms. The summed E-state index contributed by atoms with van der Waals surface area (Å²) in [5, 5.41) is 9.31. The summed E-state index contributed by atoms with van der Waals surface area (Å²) in [7, 11) is 0. The van der Waals surface area contributed by atoms with Crippen molar-refractivity contribution in [3.05, 3.63) is 0 Å². The molecule has 0 aliphatic carbocycles. The first-order valence-electron chi connectivity index (χ1n) is 4.69. The first kappa shape index (κ1) is 9.93. The molecule has 0 aromatic heterocycles. The molecule has 3 atom stereocenters. The molecular formula is C9H18FNO. The molecular weight excluding hydrogens is 157 g/mol. The van der Waals surface area contributed by atoms with E-state index in [1.807, 2.05) is 4.90 Å². The minimum atomic E-state index is -0.845. The van der Waals surface area contributed by atoms with Gasteiger partial charge in [0.2, 0.25) is 0 Å². The van der Waals surface area contributed by atoms with Crippen LogP contribution >= 0.6 is 0 Å². The number of alkyl halides is 1. The normalized spacial score (nSPS) is 35.0. The van der Waals surface area contributed by atoms with E-state index in [1.54, 1.807) is 0 Å². The van der Waals surface area contributed by atoms with Crippen molar-refractivity contribution in [1.82, 2.24) is 4.90 Å². The van der Waals surface area contributed by atoms with Crippen molar-refractivity contribution in [2.75, 3.05) is 13.1 Å². The van der Waals surface area contributed by atoms with E-state index in [9.17, 15) is 9.50 Å². The quantitative estimate of drug-likeness (QED) is 0.681. The van der Waals surface area contributed by atoms with Crippen molar-refractivity contribution in [1.29, 1.82) is 0 Å². The molecule has 1 aliphatic rings. The molecule has 0 amide bonds. The van der Waals surface area contributed by atoms with E-state index in [0.29, 0.717) is 25.6 Å². The highest BCUT2D eigenvalue weighted by molar-refractivity contribution is 4.81. The zero-order valence-corrected chi connectivity index (χ0v) is 7.83. The number of piperidine rings is 1. The third-order valence-corrected chi connectivity index (χ3v) is 2.62. The number of hydrogen-bond donors (Lipinski definition) is 1. The third kappa shape index (κ3) is 2.42. The summed E-state index contributed by atoms with van der Waals surface area (Å²) in [5.41, 5.74) is 0. The lowest BCUT2D eigenvalue weighted by atomic mass is 10.0. The number of aliphatic hydroxyl groups is 1. The second-order valence-electron chi connectivity index (χ2n) is 3.70. The van der Waals surface area contributed by atoms with E-state index in [1.165, 1.54) is 0 Å². The van der Waals surface area contributed by atoms with Crippen LogP contribution in [0.4, 0.5) is 4.39 Å². The van der Waals surface area contributed by atoms with Gasteiger partial charge in [-0.1, -0.05) is 6.92 Å². The largest absolute Gasteiger partial charge is 0.392 e. The number of halogens is 1. The van der Waals surface area contributed by atoms with Crippen LogP contribution in [0.3, 0.4) is 0 Å². The average Bonchev–Trinajstić information content (AvgIpc) is 2.01. The van der Waals surface area contributed by atoms with E-state index in [-0.39, 0.29) is 0 Å². The highest BCUT2D eigenvalue weighted by Gasteiger charge is 2.27. The van der Waals surface area contributed by atoms with E-state index in [0.717, 1.165) is 6.42 Å². The molecule has 0 radical (unpaired) electrons. The summed E-state index contributed by atoms with van der Waals surface area (Å²) in [4.78, 5) is 2.03. The molecule has 0 spiro atoms. The Kier molecular flexibility index (Phi) is 3.47. The number of nitrogens with zero attached hydrogens (tertiary/aromatic N) is 1. The van der Waals surface area contributed by atoms with Crippen molar-refractivity contribution in [2.45, 2.75) is 45.0 Å².